The predicted molar refractivity (Wildman–Crippen MR) is 83.0 cm³/mol. The minimum absolute atomic E-state index is 0.0278. The number of likely N-dealkylation sites (tertiary alicyclic amines) is 1. The van der Waals surface area contributed by atoms with Gasteiger partial charge >= 0.3 is 6.09 Å². The second-order valence-corrected chi connectivity index (χ2v) is 6.83. The molecule has 2 amide bonds. The van der Waals surface area contributed by atoms with Gasteiger partial charge in [0.15, 0.2) is 0 Å². The number of rotatable bonds is 4. The molecule has 6 heteroatoms. The van der Waals surface area contributed by atoms with Crippen LogP contribution < -0.4 is 5.32 Å². The third-order valence-electron chi connectivity index (χ3n) is 3.84. The van der Waals surface area contributed by atoms with E-state index in [0.717, 1.165) is 12.8 Å². The van der Waals surface area contributed by atoms with Crippen LogP contribution in [-0.2, 0) is 9.53 Å². The van der Waals surface area contributed by atoms with Crippen LogP contribution in [-0.4, -0.2) is 41.1 Å². The lowest BCUT2D eigenvalue weighted by Crippen LogP contribution is -2.53. The molecule has 22 heavy (non-hydrogen) atoms. The van der Waals surface area contributed by atoms with E-state index in [4.69, 9.17) is 10.00 Å². The SMILES string of the molecule is CCC(C)[C@H](NC(=O)OC(C)(C)C)C(=O)N1CCC[C@H]1C#N. The van der Waals surface area contributed by atoms with Gasteiger partial charge in [0, 0.05) is 6.54 Å². The highest BCUT2D eigenvalue weighted by atomic mass is 16.6. The molecule has 1 N–H and O–H groups in total. The Bertz CT molecular complexity index is 451. The third kappa shape index (κ3) is 4.90. The number of nitrogens with one attached hydrogen (secondary N) is 1. The summed E-state index contributed by atoms with van der Waals surface area (Å²) < 4.78 is 5.24. The number of hydrogen-bond acceptors (Lipinski definition) is 4. The van der Waals surface area contributed by atoms with Crippen LogP contribution in [0.15, 0.2) is 0 Å². The number of ether oxygens (including phenoxy) is 1. The lowest BCUT2D eigenvalue weighted by molar-refractivity contribution is -0.134. The summed E-state index contributed by atoms with van der Waals surface area (Å²) in [6.07, 6.45) is 1.67. The minimum atomic E-state index is -0.659. The molecule has 0 radical (unpaired) electrons. The number of hydrogen-bond donors (Lipinski definition) is 1. The van der Waals surface area contributed by atoms with Gasteiger partial charge in [0.05, 0.1) is 6.07 Å². The van der Waals surface area contributed by atoms with Crippen LogP contribution in [0, 0.1) is 17.2 Å². The summed E-state index contributed by atoms with van der Waals surface area (Å²) >= 11 is 0. The lowest BCUT2D eigenvalue weighted by Gasteiger charge is -2.30. The van der Waals surface area contributed by atoms with E-state index in [1.165, 1.54) is 0 Å². The molecule has 1 aliphatic rings. The molecule has 124 valence electrons. The maximum absolute atomic E-state index is 12.7. The van der Waals surface area contributed by atoms with E-state index in [2.05, 4.69) is 11.4 Å². The molecule has 1 aliphatic heterocycles. The number of nitrogens with zero attached hydrogens (tertiary/aromatic N) is 2. The Morgan fingerprint density at radius 3 is 2.59 bits per heavy atom. The summed E-state index contributed by atoms with van der Waals surface area (Å²) in [6, 6.07) is 1.11. The Labute approximate surface area is 132 Å². The second-order valence-electron chi connectivity index (χ2n) is 6.83. The maximum atomic E-state index is 12.7. The van der Waals surface area contributed by atoms with Crippen LogP contribution in [0.25, 0.3) is 0 Å². The van der Waals surface area contributed by atoms with Gasteiger partial charge in [-0.3, -0.25) is 4.79 Å². The van der Waals surface area contributed by atoms with Gasteiger partial charge in [0.2, 0.25) is 5.91 Å². The van der Waals surface area contributed by atoms with Gasteiger partial charge in [0.1, 0.15) is 17.7 Å². The van der Waals surface area contributed by atoms with Crippen molar-refractivity contribution in [3.05, 3.63) is 0 Å². The van der Waals surface area contributed by atoms with Crippen LogP contribution in [0.1, 0.15) is 53.9 Å². The summed E-state index contributed by atoms with van der Waals surface area (Å²) in [6.45, 7) is 9.78. The standard InChI is InChI=1S/C16H27N3O3/c1-6-11(2)13(18-15(21)22-16(3,4)5)14(20)19-9-7-8-12(19)10-17/h11-13H,6-9H2,1-5H3,(H,18,21)/t11?,12-,13-/m0/s1. The fraction of sp³-hybridized carbons (Fsp3) is 0.812. The molecule has 0 aromatic heterocycles. The Morgan fingerprint density at radius 1 is 1.45 bits per heavy atom. The fourth-order valence-electron chi connectivity index (χ4n) is 2.46. The van der Waals surface area contributed by atoms with Crippen molar-refractivity contribution >= 4 is 12.0 Å². The highest BCUT2D eigenvalue weighted by molar-refractivity contribution is 5.86. The molecule has 1 saturated heterocycles. The van der Waals surface area contributed by atoms with E-state index in [9.17, 15) is 9.59 Å². The zero-order chi connectivity index (χ0) is 16.9. The molecule has 0 saturated carbocycles. The van der Waals surface area contributed by atoms with Crippen molar-refractivity contribution < 1.29 is 14.3 Å². The smallest absolute Gasteiger partial charge is 0.408 e. The molecule has 0 aliphatic carbocycles. The van der Waals surface area contributed by atoms with Crippen molar-refractivity contribution in [2.75, 3.05) is 6.54 Å². The van der Waals surface area contributed by atoms with Gasteiger partial charge in [-0.25, -0.2) is 4.79 Å². The van der Waals surface area contributed by atoms with Crippen molar-refractivity contribution in [1.29, 1.82) is 5.26 Å². The van der Waals surface area contributed by atoms with Gasteiger partial charge < -0.3 is 15.0 Å². The van der Waals surface area contributed by atoms with Gasteiger partial charge in [0.25, 0.3) is 0 Å². The first-order chi connectivity index (χ1) is 10.2. The van der Waals surface area contributed by atoms with Crippen molar-refractivity contribution in [1.82, 2.24) is 10.2 Å². The highest BCUT2D eigenvalue weighted by Crippen LogP contribution is 2.21. The average Bonchev–Trinajstić information content (AvgIpc) is 2.89. The Hall–Kier alpha value is -1.77. The number of carbonyl (C=O) groups excluding carboxylic acids is 2. The molecule has 0 aromatic carbocycles. The van der Waals surface area contributed by atoms with Gasteiger partial charge in [-0.2, -0.15) is 5.26 Å². The van der Waals surface area contributed by atoms with Crippen molar-refractivity contribution in [2.24, 2.45) is 5.92 Å². The first kappa shape index (κ1) is 18.3. The number of alkyl carbamates (subject to hydrolysis) is 1. The van der Waals surface area contributed by atoms with E-state index >= 15 is 0 Å². The van der Waals surface area contributed by atoms with E-state index in [-0.39, 0.29) is 17.9 Å². The normalized spacial score (nSPS) is 20.9. The summed E-state index contributed by atoms with van der Waals surface area (Å²) in [5.74, 6) is -0.218. The molecule has 0 aromatic rings. The lowest BCUT2D eigenvalue weighted by atomic mass is 9.97. The average molecular weight is 309 g/mol. The van der Waals surface area contributed by atoms with Crippen LogP contribution in [0.2, 0.25) is 0 Å². The minimum Gasteiger partial charge on any atom is -0.444 e. The third-order valence-corrected chi connectivity index (χ3v) is 3.84. The Morgan fingerprint density at radius 2 is 2.09 bits per heavy atom. The largest absolute Gasteiger partial charge is 0.444 e. The van der Waals surface area contributed by atoms with E-state index < -0.39 is 17.7 Å². The Kier molecular flexibility index (Phi) is 6.21. The Balaban J connectivity index is 2.82. The summed E-state index contributed by atoms with van der Waals surface area (Å²) in [5.41, 5.74) is -0.615. The number of amides is 2. The van der Waals surface area contributed by atoms with Gasteiger partial charge in [-0.15, -0.1) is 0 Å². The molecule has 0 spiro atoms. The molecule has 1 rings (SSSR count). The molecule has 1 unspecified atom stereocenters. The first-order valence-corrected chi connectivity index (χ1v) is 7.89. The number of carbonyl (C=O) groups is 2. The molecular formula is C16H27N3O3. The fourth-order valence-corrected chi connectivity index (χ4v) is 2.46. The molecule has 3 atom stereocenters. The summed E-state index contributed by atoms with van der Waals surface area (Å²) in [5, 5.41) is 11.8. The quantitative estimate of drug-likeness (QED) is 0.864. The topological polar surface area (TPSA) is 82.4 Å². The predicted octanol–water partition coefficient (Wildman–Crippen LogP) is 2.44. The van der Waals surface area contributed by atoms with Crippen LogP contribution in [0.5, 0.6) is 0 Å². The van der Waals surface area contributed by atoms with Crippen LogP contribution >= 0.6 is 0 Å². The molecular weight excluding hydrogens is 282 g/mol. The first-order valence-electron chi connectivity index (χ1n) is 7.89. The molecule has 0 bridgehead atoms. The van der Waals surface area contributed by atoms with Gasteiger partial charge in [-0.1, -0.05) is 20.3 Å². The van der Waals surface area contributed by atoms with E-state index in [1.54, 1.807) is 25.7 Å². The maximum Gasteiger partial charge on any atom is 0.408 e. The zero-order valence-corrected chi connectivity index (χ0v) is 14.2. The van der Waals surface area contributed by atoms with Crippen molar-refractivity contribution in [3.8, 4) is 6.07 Å². The summed E-state index contributed by atoms with van der Waals surface area (Å²) in [7, 11) is 0. The molecule has 1 fully saturated rings. The molecule has 1 heterocycles. The van der Waals surface area contributed by atoms with E-state index in [0.29, 0.717) is 13.0 Å². The van der Waals surface area contributed by atoms with E-state index in [1.807, 2.05) is 13.8 Å². The zero-order valence-electron chi connectivity index (χ0n) is 14.2. The van der Waals surface area contributed by atoms with Crippen LogP contribution in [0.4, 0.5) is 4.79 Å². The second kappa shape index (κ2) is 7.48. The van der Waals surface area contributed by atoms with Crippen molar-refractivity contribution in [2.45, 2.75) is 71.6 Å². The monoisotopic (exact) mass is 309 g/mol. The molecule has 6 nitrogen and oxygen atoms in total. The van der Waals surface area contributed by atoms with Crippen LogP contribution in [0.3, 0.4) is 0 Å². The highest BCUT2D eigenvalue weighted by Gasteiger charge is 2.36. The summed E-state index contributed by atoms with van der Waals surface area (Å²) in [4.78, 5) is 26.3. The number of nitriles is 1. The van der Waals surface area contributed by atoms with Crippen molar-refractivity contribution in [3.63, 3.8) is 0 Å². The van der Waals surface area contributed by atoms with Gasteiger partial charge in [-0.05, 0) is 39.5 Å².